The van der Waals surface area contributed by atoms with Gasteiger partial charge in [-0.3, -0.25) is 19.0 Å². The quantitative estimate of drug-likeness (QED) is 0.401. The Morgan fingerprint density at radius 3 is 2.58 bits per heavy atom. The molecule has 14 heteroatoms. The molecule has 11 nitrogen and oxygen atoms in total. The van der Waals surface area contributed by atoms with Crippen molar-refractivity contribution in [3.63, 3.8) is 0 Å². The highest BCUT2D eigenvalue weighted by Crippen LogP contribution is 2.25. The Labute approximate surface area is 205 Å². The van der Waals surface area contributed by atoms with Gasteiger partial charge < -0.3 is 15.3 Å². The van der Waals surface area contributed by atoms with Crippen LogP contribution in [0.15, 0.2) is 53.1 Å². The second kappa shape index (κ2) is 10.6. The molecule has 3 heterocycles. The third-order valence-electron chi connectivity index (χ3n) is 5.73. The van der Waals surface area contributed by atoms with Gasteiger partial charge in [-0.2, -0.15) is 8.78 Å². The average molecular weight is 523 g/mol. The highest BCUT2D eigenvalue weighted by atomic mass is 32.2. The molecule has 0 radical (unpaired) electrons. The van der Waals surface area contributed by atoms with Crippen LogP contribution in [-0.4, -0.2) is 70.5 Å². The molecule has 1 aliphatic heterocycles. The van der Waals surface area contributed by atoms with E-state index in [1.807, 2.05) is 0 Å². The summed E-state index contributed by atoms with van der Waals surface area (Å²) in [6.45, 7) is 0.0490. The van der Waals surface area contributed by atoms with Gasteiger partial charge in [0.15, 0.2) is 0 Å². The number of hydrogen-bond acceptors (Lipinski definition) is 9. The van der Waals surface area contributed by atoms with E-state index in [-0.39, 0.29) is 37.7 Å². The van der Waals surface area contributed by atoms with E-state index in [4.69, 9.17) is 10.2 Å². The lowest BCUT2D eigenvalue weighted by atomic mass is 10.2. The summed E-state index contributed by atoms with van der Waals surface area (Å²) >= 11 is 0. The van der Waals surface area contributed by atoms with Gasteiger partial charge in [0, 0.05) is 19.3 Å². The number of carbonyl (C=O) groups excluding carboxylic acids is 1. The van der Waals surface area contributed by atoms with Gasteiger partial charge >= 0.3 is 6.43 Å². The van der Waals surface area contributed by atoms with Crippen molar-refractivity contribution in [1.82, 2.24) is 20.1 Å². The monoisotopic (exact) mass is 522 g/mol. The predicted molar refractivity (Wildman–Crippen MR) is 124 cm³/mol. The van der Waals surface area contributed by atoms with Gasteiger partial charge in [0.25, 0.3) is 5.89 Å². The van der Waals surface area contributed by atoms with E-state index in [1.165, 1.54) is 22.6 Å². The molecular formula is C22H24F2N6O5S. The maximum atomic E-state index is 13.4. The summed E-state index contributed by atoms with van der Waals surface area (Å²) in [6.07, 6.45) is -2.16. The molecule has 0 saturated carbocycles. The van der Waals surface area contributed by atoms with Crippen molar-refractivity contribution < 1.29 is 31.5 Å². The number of nitrogens with two attached hydrogens (primary N) is 1. The van der Waals surface area contributed by atoms with Crippen molar-refractivity contribution in [2.75, 3.05) is 23.1 Å². The first-order valence-electron chi connectivity index (χ1n) is 11.0. The van der Waals surface area contributed by atoms with Crippen LogP contribution in [-0.2, 0) is 21.4 Å². The fraction of sp³-hybridized carbons (Fsp3) is 0.364. The lowest BCUT2D eigenvalue weighted by Gasteiger charge is -2.27. The van der Waals surface area contributed by atoms with E-state index in [0.29, 0.717) is 16.9 Å². The molecule has 2 aromatic heterocycles. The van der Waals surface area contributed by atoms with Crippen LogP contribution in [0.1, 0.15) is 24.4 Å². The average Bonchev–Trinajstić information content (AvgIpc) is 3.49. The van der Waals surface area contributed by atoms with Crippen LogP contribution in [0.2, 0.25) is 0 Å². The molecule has 0 bridgehead atoms. The molecule has 0 aliphatic carbocycles. The number of benzene rings is 1. The third-order valence-corrected chi connectivity index (χ3v) is 7.44. The van der Waals surface area contributed by atoms with Crippen LogP contribution >= 0.6 is 0 Å². The van der Waals surface area contributed by atoms with Gasteiger partial charge in [-0.15, -0.1) is 10.2 Å². The van der Waals surface area contributed by atoms with Crippen molar-refractivity contribution in [1.29, 1.82) is 0 Å². The van der Waals surface area contributed by atoms with E-state index in [2.05, 4.69) is 15.2 Å². The second-order valence-electron chi connectivity index (χ2n) is 8.25. The van der Waals surface area contributed by atoms with E-state index in [1.54, 1.807) is 35.2 Å². The van der Waals surface area contributed by atoms with Gasteiger partial charge in [0.05, 0.1) is 41.4 Å². The number of hydrogen-bond donors (Lipinski definition) is 2. The van der Waals surface area contributed by atoms with Crippen molar-refractivity contribution in [2.24, 2.45) is 5.73 Å². The highest BCUT2D eigenvalue weighted by Gasteiger charge is 2.36. The van der Waals surface area contributed by atoms with Crippen LogP contribution < -0.4 is 10.0 Å². The number of anilines is 1. The molecule has 1 aromatic carbocycles. The summed E-state index contributed by atoms with van der Waals surface area (Å²) < 4.78 is 58.3. The number of aromatic nitrogens is 3. The number of β-amino-alcohol motifs (C(OH)–C–C–N with tert-alkyl or cyclic N) is 1. The van der Waals surface area contributed by atoms with Gasteiger partial charge in [0.1, 0.15) is 0 Å². The zero-order valence-electron chi connectivity index (χ0n) is 18.9. The summed E-state index contributed by atoms with van der Waals surface area (Å²) in [5.74, 6) is -1.88. The number of primary amides is 1. The van der Waals surface area contributed by atoms with Crippen molar-refractivity contribution in [3.8, 4) is 11.5 Å². The van der Waals surface area contributed by atoms with Crippen molar-refractivity contribution in [2.45, 2.75) is 31.5 Å². The lowest BCUT2D eigenvalue weighted by Crippen LogP contribution is -2.44. The molecule has 2 atom stereocenters. The van der Waals surface area contributed by atoms with Crippen LogP contribution in [0.25, 0.3) is 11.5 Å². The van der Waals surface area contributed by atoms with Crippen molar-refractivity contribution in [3.05, 3.63) is 60.2 Å². The molecule has 0 unspecified atom stereocenters. The maximum Gasteiger partial charge on any atom is 0.314 e. The Morgan fingerprint density at radius 2 is 1.97 bits per heavy atom. The molecule has 192 valence electrons. The summed E-state index contributed by atoms with van der Waals surface area (Å²) in [6, 6.07) is 10.8. The van der Waals surface area contributed by atoms with E-state index < -0.39 is 40.4 Å². The van der Waals surface area contributed by atoms with Crippen LogP contribution in [0, 0.1) is 0 Å². The number of carbonyl (C=O) groups is 1. The largest absolute Gasteiger partial charge is 0.415 e. The number of amides is 1. The topological polar surface area (TPSA) is 156 Å². The summed E-state index contributed by atoms with van der Waals surface area (Å²) in [5.41, 5.74) is 6.50. The highest BCUT2D eigenvalue weighted by molar-refractivity contribution is 7.92. The molecule has 1 saturated heterocycles. The van der Waals surface area contributed by atoms with E-state index in [0.717, 1.165) is 0 Å². The van der Waals surface area contributed by atoms with Crippen molar-refractivity contribution >= 4 is 21.6 Å². The number of rotatable bonds is 10. The number of aliphatic hydroxyl groups excluding tert-OH is 1. The van der Waals surface area contributed by atoms with Crippen LogP contribution in [0.4, 0.5) is 14.5 Å². The first-order chi connectivity index (χ1) is 17.1. The first kappa shape index (κ1) is 25.6. The van der Waals surface area contributed by atoms with Gasteiger partial charge in [0.2, 0.25) is 21.8 Å². The fourth-order valence-electron chi connectivity index (χ4n) is 3.94. The smallest absolute Gasteiger partial charge is 0.314 e. The number of aliphatic hydroxyl groups is 1. The Hall–Kier alpha value is -3.49. The molecule has 3 N–H and O–H groups in total. The van der Waals surface area contributed by atoms with Gasteiger partial charge in [-0.25, -0.2) is 8.42 Å². The molecule has 1 amide bonds. The Morgan fingerprint density at radius 1 is 1.22 bits per heavy atom. The Balaban J connectivity index is 1.52. The number of alkyl halides is 2. The van der Waals surface area contributed by atoms with E-state index in [9.17, 15) is 27.1 Å². The minimum atomic E-state index is -3.90. The zero-order valence-corrected chi connectivity index (χ0v) is 19.8. The Bertz CT molecular complexity index is 1290. The summed E-state index contributed by atoms with van der Waals surface area (Å²) in [7, 11) is -3.90. The molecule has 1 aliphatic rings. The normalized spacial score (nSPS) is 18.6. The number of likely N-dealkylation sites (tertiary alicyclic amines) is 1. The number of halogens is 2. The SMILES string of the molecule is NC(=O)[C@@H]1C[C@@H](O)CN1CCS(=O)(=O)N(Cc1ccc(-c2nnc(C(F)F)o2)cn1)c1ccccc1. The van der Waals surface area contributed by atoms with Crippen LogP contribution in [0.3, 0.4) is 0 Å². The molecule has 0 spiro atoms. The number of sulfonamides is 1. The molecule has 3 aromatic rings. The van der Waals surface area contributed by atoms with E-state index >= 15 is 0 Å². The molecule has 36 heavy (non-hydrogen) atoms. The minimum Gasteiger partial charge on any atom is -0.415 e. The zero-order chi connectivity index (χ0) is 25.9. The molecule has 4 rings (SSSR count). The summed E-state index contributed by atoms with van der Waals surface area (Å²) in [4.78, 5) is 17.5. The molecule has 1 fully saturated rings. The maximum absolute atomic E-state index is 13.4. The lowest BCUT2D eigenvalue weighted by molar-refractivity contribution is -0.122. The van der Waals surface area contributed by atoms with Gasteiger partial charge in [-0.05, 0) is 30.7 Å². The minimum absolute atomic E-state index is 0.00628. The predicted octanol–water partition coefficient (Wildman–Crippen LogP) is 1.33. The second-order valence-corrected chi connectivity index (χ2v) is 10.3. The number of pyridine rings is 1. The standard InChI is InChI=1S/C22H24F2N6O5S/c23-19(24)22-28-27-21(35-22)14-6-7-15(26-11-14)12-30(16-4-2-1-3-5-16)36(33,34)9-8-29-13-17(31)10-18(29)20(25)32/h1-7,11,17-19,31H,8-10,12-13H2,(H2,25,32)/t17-,18+/m1/s1. The Kier molecular flexibility index (Phi) is 7.56. The number of para-hydroxylation sites is 1. The first-order valence-corrected chi connectivity index (χ1v) is 12.6. The third kappa shape index (κ3) is 5.83. The number of nitrogens with zero attached hydrogens (tertiary/aromatic N) is 5. The fourth-order valence-corrected chi connectivity index (χ4v) is 5.40. The summed E-state index contributed by atoms with van der Waals surface area (Å²) in [5, 5.41) is 16.7. The van der Waals surface area contributed by atoms with Gasteiger partial charge in [-0.1, -0.05) is 18.2 Å². The molecular weight excluding hydrogens is 498 g/mol. The van der Waals surface area contributed by atoms with Crippen LogP contribution in [0.5, 0.6) is 0 Å².